The van der Waals surface area contributed by atoms with Crippen LogP contribution in [0.3, 0.4) is 0 Å². The first kappa shape index (κ1) is 19.5. The molecule has 0 aliphatic rings. The molecule has 1 N–H and O–H groups in total. The van der Waals surface area contributed by atoms with Crippen LogP contribution in [0.25, 0.3) is 11.0 Å². The summed E-state index contributed by atoms with van der Waals surface area (Å²) >= 11 is 1.45. The Morgan fingerprint density at radius 3 is 2.70 bits per heavy atom. The number of hydrogen-bond acceptors (Lipinski definition) is 4. The van der Waals surface area contributed by atoms with Gasteiger partial charge in [0.15, 0.2) is 5.16 Å². The highest BCUT2D eigenvalue weighted by Crippen LogP contribution is 2.24. The second kappa shape index (κ2) is 9.58. The van der Waals surface area contributed by atoms with Crippen LogP contribution in [0.15, 0.2) is 53.7 Å². The van der Waals surface area contributed by atoms with Crippen LogP contribution in [0.1, 0.15) is 18.9 Å². The van der Waals surface area contributed by atoms with Crippen LogP contribution >= 0.6 is 11.8 Å². The van der Waals surface area contributed by atoms with Crippen LogP contribution in [0.2, 0.25) is 0 Å². The van der Waals surface area contributed by atoms with Gasteiger partial charge in [-0.2, -0.15) is 0 Å². The molecule has 0 fully saturated rings. The Kier molecular flexibility index (Phi) is 6.90. The predicted octanol–water partition coefficient (Wildman–Crippen LogP) is 4.37. The first-order valence-electron chi connectivity index (χ1n) is 9.17. The maximum absolute atomic E-state index is 12.3. The average molecular weight is 384 g/mol. The lowest BCUT2D eigenvalue weighted by Crippen LogP contribution is -2.15. The van der Waals surface area contributed by atoms with Crippen molar-refractivity contribution in [3.05, 3.63) is 54.1 Å². The van der Waals surface area contributed by atoms with Crippen LogP contribution in [-0.4, -0.2) is 34.9 Å². The molecular formula is C21H25N3O2S. The predicted molar refractivity (Wildman–Crippen MR) is 111 cm³/mol. The fourth-order valence-corrected chi connectivity index (χ4v) is 3.77. The number of nitrogens with zero attached hydrogens (tertiary/aromatic N) is 2. The van der Waals surface area contributed by atoms with E-state index in [1.165, 1.54) is 17.3 Å². The molecule has 2 aromatic carbocycles. The minimum Gasteiger partial charge on any atom is -0.383 e. The van der Waals surface area contributed by atoms with E-state index >= 15 is 0 Å². The topological polar surface area (TPSA) is 56.2 Å². The van der Waals surface area contributed by atoms with Crippen molar-refractivity contribution in [2.24, 2.45) is 0 Å². The van der Waals surface area contributed by atoms with Crippen molar-refractivity contribution in [2.45, 2.75) is 31.5 Å². The normalized spacial score (nSPS) is 11.0. The molecule has 142 valence electrons. The SMILES string of the molecule is CCCc1ccc(NC(=O)CSc2nc3ccccc3n2CCOC)cc1. The summed E-state index contributed by atoms with van der Waals surface area (Å²) in [7, 11) is 1.69. The molecular weight excluding hydrogens is 358 g/mol. The molecule has 0 radical (unpaired) electrons. The molecule has 1 heterocycles. The highest BCUT2D eigenvalue weighted by molar-refractivity contribution is 7.99. The number of benzene rings is 2. The van der Waals surface area contributed by atoms with Gasteiger partial charge in [0.2, 0.25) is 5.91 Å². The van der Waals surface area contributed by atoms with Gasteiger partial charge in [-0.1, -0.05) is 49.4 Å². The zero-order valence-electron chi connectivity index (χ0n) is 15.8. The Morgan fingerprint density at radius 2 is 1.96 bits per heavy atom. The van der Waals surface area contributed by atoms with Gasteiger partial charge < -0.3 is 14.6 Å². The van der Waals surface area contributed by atoms with Gasteiger partial charge in [-0.05, 0) is 36.2 Å². The van der Waals surface area contributed by atoms with E-state index in [1.807, 2.05) is 36.4 Å². The van der Waals surface area contributed by atoms with Gasteiger partial charge in [0.25, 0.3) is 0 Å². The Balaban J connectivity index is 1.64. The van der Waals surface area contributed by atoms with Crippen molar-refractivity contribution in [3.8, 4) is 0 Å². The van der Waals surface area contributed by atoms with Crippen molar-refractivity contribution in [2.75, 3.05) is 24.8 Å². The molecule has 0 aliphatic heterocycles. The number of amides is 1. The van der Waals surface area contributed by atoms with E-state index in [4.69, 9.17) is 4.74 Å². The molecule has 0 saturated carbocycles. The summed E-state index contributed by atoms with van der Waals surface area (Å²) in [4.78, 5) is 17.0. The first-order valence-corrected chi connectivity index (χ1v) is 10.2. The van der Waals surface area contributed by atoms with Gasteiger partial charge in [-0.3, -0.25) is 4.79 Å². The van der Waals surface area contributed by atoms with Gasteiger partial charge in [0, 0.05) is 19.3 Å². The van der Waals surface area contributed by atoms with Crippen LogP contribution in [0.4, 0.5) is 5.69 Å². The number of carbonyl (C=O) groups is 1. The van der Waals surface area contributed by atoms with Crippen LogP contribution < -0.4 is 5.32 Å². The average Bonchev–Trinajstić information content (AvgIpc) is 3.04. The van der Waals surface area contributed by atoms with Crippen molar-refractivity contribution < 1.29 is 9.53 Å². The number of aromatic nitrogens is 2. The van der Waals surface area contributed by atoms with Crippen molar-refractivity contribution in [1.29, 1.82) is 0 Å². The Morgan fingerprint density at radius 1 is 1.19 bits per heavy atom. The second-order valence-corrected chi connectivity index (χ2v) is 7.25. The van der Waals surface area contributed by atoms with E-state index in [0.717, 1.165) is 34.7 Å². The van der Waals surface area contributed by atoms with Crippen LogP contribution in [0, 0.1) is 0 Å². The number of rotatable bonds is 9. The van der Waals surface area contributed by atoms with Crippen molar-refractivity contribution in [1.82, 2.24) is 9.55 Å². The molecule has 27 heavy (non-hydrogen) atoms. The lowest BCUT2D eigenvalue weighted by molar-refractivity contribution is -0.113. The summed E-state index contributed by atoms with van der Waals surface area (Å²) in [5.74, 6) is 0.279. The summed E-state index contributed by atoms with van der Waals surface area (Å²) in [5.41, 5.74) is 4.11. The second-order valence-electron chi connectivity index (χ2n) is 6.31. The maximum atomic E-state index is 12.3. The fraction of sp³-hybridized carbons (Fsp3) is 0.333. The molecule has 5 nitrogen and oxygen atoms in total. The quantitative estimate of drug-likeness (QED) is 0.558. The molecule has 0 bridgehead atoms. The lowest BCUT2D eigenvalue weighted by atomic mass is 10.1. The lowest BCUT2D eigenvalue weighted by Gasteiger charge is -2.09. The minimum absolute atomic E-state index is 0.0337. The van der Waals surface area contributed by atoms with Gasteiger partial charge in [-0.15, -0.1) is 0 Å². The highest BCUT2D eigenvalue weighted by Gasteiger charge is 2.13. The Labute approximate surface area is 164 Å². The maximum Gasteiger partial charge on any atom is 0.234 e. The number of para-hydroxylation sites is 2. The van der Waals surface area contributed by atoms with Crippen molar-refractivity contribution in [3.63, 3.8) is 0 Å². The molecule has 0 aliphatic carbocycles. The van der Waals surface area contributed by atoms with Gasteiger partial charge >= 0.3 is 0 Å². The molecule has 0 unspecified atom stereocenters. The van der Waals surface area contributed by atoms with E-state index in [1.54, 1.807) is 7.11 Å². The largest absolute Gasteiger partial charge is 0.383 e. The number of imidazole rings is 1. The number of ether oxygens (including phenoxy) is 1. The van der Waals surface area contributed by atoms with Crippen LogP contribution in [0.5, 0.6) is 0 Å². The zero-order valence-corrected chi connectivity index (χ0v) is 16.6. The smallest absolute Gasteiger partial charge is 0.234 e. The summed E-state index contributed by atoms with van der Waals surface area (Å²) in [6, 6.07) is 16.0. The number of anilines is 1. The monoisotopic (exact) mass is 383 g/mol. The third kappa shape index (κ3) is 5.11. The zero-order chi connectivity index (χ0) is 19.1. The Bertz CT molecular complexity index is 890. The van der Waals surface area contributed by atoms with E-state index in [-0.39, 0.29) is 5.91 Å². The fourth-order valence-electron chi connectivity index (χ4n) is 2.93. The summed E-state index contributed by atoms with van der Waals surface area (Å²) in [6.07, 6.45) is 2.17. The molecule has 3 aromatic rings. The number of hydrogen-bond donors (Lipinski definition) is 1. The van der Waals surface area contributed by atoms with Crippen LogP contribution in [-0.2, 0) is 22.5 Å². The molecule has 6 heteroatoms. The standard InChI is InChI=1S/C21H25N3O2S/c1-3-6-16-9-11-17(12-10-16)22-20(25)15-27-21-23-18-7-4-5-8-19(18)24(21)13-14-26-2/h4-5,7-12H,3,6,13-15H2,1-2H3,(H,22,25). The third-order valence-corrected chi connectivity index (χ3v) is 5.22. The third-order valence-electron chi connectivity index (χ3n) is 4.25. The number of aryl methyl sites for hydroxylation is 1. The van der Waals surface area contributed by atoms with Crippen molar-refractivity contribution >= 4 is 34.4 Å². The molecule has 0 atom stereocenters. The summed E-state index contributed by atoms with van der Waals surface area (Å²) in [6.45, 7) is 3.47. The van der Waals surface area contributed by atoms with E-state index in [9.17, 15) is 4.79 Å². The van der Waals surface area contributed by atoms with E-state index in [2.05, 4.69) is 33.9 Å². The van der Waals surface area contributed by atoms with E-state index in [0.29, 0.717) is 18.9 Å². The number of nitrogens with one attached hydrogen (secondary N) is 1. The number of methoxy groups -OCH3 is 1. The number of thioether (sulfide) groups is 1. The first-order chi connectivity index (χ1) is 13.2. The molecule has 3 rings (SSSR count). The minimum atomic E-state index is -0.0337. The Hall–Kier alpha value is -2.31. The van der Waals surface area contributed by atoms with Gasteiger partial charge in [0.1, 0.15) is 0 Å². The molecule has 0 saturated heterocycles. The highest BCUT2D eigenvalue weighted by atomic mass is 32.2. The van der Waals surface area contributed by atoms with Gasteiger partial charge in [0.05, 0.1) is 23.4 Å². The number of fused-ring (bicyclic) bond motifs is 1. The molecule has 0 spiro atoms. The molecule has 1 amide bonds. The summed E-state index contributed by atoms with van der Waals surface area (Å²) < 4.78 is 7.32. The number of carbonyl (C=O) groups excluding carboxylic acids is 1. The van der Waals surface area contributed by atoms with E-state index < -0.39 is 0 Å². The summed E-state index contributed by atoms with van der Waals surface area (Å²) in [5, 5.41) is 3.79. The molecule has 1 aromatic heterocycles. The van der Waals surface area contributed by atoms with Gasteiger partial charge in [-0.25, -0.2) is 4.98 Å².